The van der Waals surface area contributed by atoms with E-state index in [1.807, 2.05) is 6.92 Å². The van der Waals surface area contributed by atoms with Crippen LogP contribution in [0.15, 0.2) is 41.0 Å². The van der Waals surface area contributed by atoms with E-state index in [0.29, 0.717) is 29.2 Å². The molecule has 0 aliphatic rings. The molecule has 0 saturated carbocycles. The third kappa shape index (κ3) is 4.12. The van der Waals surface area contributed by atoms with Crippen LogP contribution in [0.2, 0.25) is 0 Å². The molecule has 1 amide bonds. The highest BCUT2D eigenvalue weighted by molar-refractivity contribution is 6.04. The summed E-state index contributed by atoms with van der Waals surface area (Å²) < 4.78 is 10.3. The van der Waals surface area contributed by atoms with Crippen molar-refractivity contribution in [3.63, 3.8) is 0 Å². The minimum absolute atomic E-state index is 0.239. The average molecular weight is 303 g/mol. The Morgan fingerprint density at radius 2 is 1.95 bits per heavy atom. The maximum absolute atomic E-state index is 12.2. The van der Waals surface area contributed by atoms with Crippen molar-refractivity contribution in [1.29, 1.82) is 0 Å². The van der Waals surface area contributed by atoms with Gasteiger partial charge in [-0.05, 0) is 36.8 Å². The Bertz CT molecular complexity index is 645. The second-order valence-corrected chi connectivity index (χ2v) is 4.67. The SMILES string of the molecule is CCCc1occc1C(=O)Nc1ccc(OCC(=O)O)cc1. The second-order valence-electron chi connectivity index (χ2n) is 4.67. The summed E-state index contributed by atoms with van der Waals surface area (Å²) in [4.78, 5) is 22.6. The Balaban J connectivity index is 1.99. The molecule has 0 unspecified atom stereocenters. The first-order chi connectivity index (χ1) is 10.6. The summed E-state index contributed by atoms with van der Waals surface area (Å²) in [5.41, 5.74) is 1.12. The first-order valence-corrected chi connectivity index (χ1v) is 6.92. The van der Waals surface area contributed by atoms with Gasteiger partial charge in [0.2, 0.25) is 0 Å². The predicted molar refractivity (Wildman–Crippen MR) is 80.2 cm³/mol. The van der Waals surface area contributed by atoms with Crippen LogP contribution >= 0.6 is 0 Å². The standard InChI is InChI=1S/C16H17NO5/c1-2-3-14-13(8-9-21-14)16(20)17-11-4-6-12(7-5-11)22-10-15(18)19/h4-9H,2-3,10H2,1H3,(H,17,20)(H,18,19). The van der Waals surface area contributed by atoms with E-state index in [1.54, 1.807) is 30.3 Å². The molecule has 1 heterocycles. The van der Waals surface area contributed by atoms with Gasteiger partial charge in [-0.25, -0.2) is 4.79 Å². The number of carbonyl (C=O) groups excluding carboxylic acids is 1. The van der Waals surface area contributed by atoms with E-state index in [1.165, 1.54) is 6.26 Å². The van der Waals surface area contributed by atoms with E-state index < -0.39 is 12.6 Å². The van der Waals surface area contributed by atoms with Crippen LogP contribution in [0.3, 0.4) is 0 Å². The Labute approximate surface area is 127 Å². The van der Waals surface area contributed by atoms with Gasteiger partial charge in [0.25, 0.3) is 5.91 Å². The number of ether oxygens (including phenoxy) is 1. The Hall–Kier alpha value is -2.76. The Kier molecular flexibility index (Phi) is 5.19. The largest absolute Gasteiger partial charge is 0.482 e. The van der Waals surface area contributed by atoms with E-state index in [2.05, 4.69) is 5.32 Å². The van der Waals surface area contributed by atoms with Crippen molar-refractivity contribution in [2.45, 2.75) is 19.8 Å². The topological polar surface area (TPSA) is 88.8 Å². The highest BCUT2D eigenvalue weighted by atomic mass is 16.5. The quantitative estimate of drug-likeness (QED) is 0.821. The monoisotopic (exact) mass is 303 g/mol. The molecule has 6 heteroatoms. The minimum atomic E-state index is -1.04. The molecule has 0 aliphatic carbocycles. The van der Waals surface area contributed by atoms with Gasteiger partial charge in [0.05, 0.1) is 11.8 Å². The fourth-order valence-corrected chi connectivity index (χ4v) is 1.94. The lowest BCUT2D eigenvalue weighted by Crippen LogP contribution is -2.13. The third-order valence-electron chi connectivity index (χ3n) is 2.94. The van der Waals surface area contributed by atoms with Gasteiger partial charge in [0.1, 0.15) is 11.5 Å². The number of amides is 1. The van der Waals surface area contributed by atoms with E-state index in [4.69, 9.17) is 14.3 Å². The number of aliphatic carboxylic acids is 1. The number of furan rings is 1. The first-order valence-electron chi connectivity index (χ1n) is 6.92. The van der Waals surface area contributed by atoms with E-state index in [9.17, 15) is 9.59 Å². The molecule has 2 rings (SSSR count). The van der Waals surface area contributed by atoms with Crippen LogP contribution in [-0.2, 0) is 11.2 Å². The van der Waals surface area contributed by atoms with Crippen LogP contribution in [0, 0.1) is 0 Å². The van der Waals surface area contributed by atoms with E-state index in [0.717, 1.165) is 6.42 Å². The van der Waals surface area contributed by atoms with Gasteiger partial charge >= 0.3 is 5.97 Å². The number of hydrogen-bond donors (Lipinski definition) is 2. The van der Waals surface area contributed by atoms with Crippen LogP contribution < -0.4 is 10.1 Å². The van der Waals surface area contributed by atoms with Gasteiger partial charge in [-0.15, -0.1) is 0 Å². The van der Waals surface area contributed by atoms with Gasteiger partial charge in [0, 0.05) is 12.1 Å². The van der Waals surface area contributed by atoms with Crippen molar-refractivity contribution >= 4 is 17.6 Å². The van der Waals surface area contributed by atoms with Gasteiger partial charge in [0.15, 0.2) is 6.61 Å². The van der Waals surface area contributed by atoms with E-state index in [-0.39, 0.29) is 5.91 Å². The van der Waals surface area contributed by atoms with E-state index >= 15 is 0 Å². The normalized spacial score (nSPS) is 10.2. The predicted octanol–water partition coefficient (Wildman–Crippen LogP) is 2.95. The number of anilines is 1. The summed E-state index contributed by atoms with van der Waals surface area (Å²) in [5, 5.41) is 11.3. The fourth-order valence-electron chi connectivity index (χ4n) is 1.94. The lowest BCUT2D eigenvalue weighted by Gasteiger charge is -2.07. The fraction of sp³-hybridized carbons (Fsp3) is 0.250. The molecule has 2 aromatic rings. The van der Waals surface area contributed by atoms with Crippen molar-refractivity contribution in [3.05, 3.63) is 47.9 Å². The number of carbonyl (C=O) groups is 2. The summed E-state index contributed by atoms with van der Waals surface area (Å²) >= 11 is 0. The van der Waals surface area contributed by atoms with Gasteiger partial charge < -0.3 is 19.6 Å². The van der Waals surface area contributed by atoms with Crippen LogP contribution in [0.4, 0.5) is 5.69 Å². The molecule has 22 heavy (non-hydrogen) atoms. The second kappa shape index (κ2) is 7.31. The van der Waals surface area contributed by atoms with Crippen molar-refractivity contribution < 1.29 is 23.8 Å². The summed E-state index contributed by atoms with van der Waals surface area (Å²) in [6, 6.07) is 8.13. The number of carboxylic acids is 1. The zero-order valence-corrected chi connectivity index (χ0v) is 12.2. The summed E-state index contributed by atoms with van der Waals surface area (Å²) in [6.07, 6.45) is 3.10. The van der Waals surface area contributed by atoms with Crippen molar-refractivity contribution in [3.8, 4) is 5.75 Å². The van der Waals surface area contributed by atoms with Gasteiger partial charge in [-0.1, -0.05) is 6.92 Å². The molecule has 0 radical (unpaired) electrons. The number of rotatable bonds is 7. The molecule has 0 fully saturated rings. The molecule has 2 N–H and O–H groups in total. The van der Waals surface area contributed by atoms with Gasteiger partial charge in [-0.2, -0.15) is 0 Å². The van der Waals surface area contributed by atoms with Crippen LogP contribution in [0.1, 0.15) is 29.5 Å². The van der Waals surface area contributed by atoms with Crippen LogP contribution in [0.5, 0.6) is 5.75 Å². The smallest absolute Gasteiger partial charge is 0.341 e. The molecule has 0 atom stereocenters. The van der Waals surface area contributed by atoms with Crippen molar-refractivity contribution in [1.82, 2.24) is 0 Å². The molecule has 0 spiro atoms. The molecule has 0 saturated heterocycles. The minimum Gasteiger partial charge on any atom is -0.482 e. The summed E-state index contributed by atoms with van der Waals surface area (Å²) in [7, 11) is 0. The maximum Gasteiger partial charge on any atom is 0.341 e. The summed E-state index contributed by atoms with van der Waals surface area (Å²) in [5.74, 6) is -0.186. The number of hydrogen-bond acceptors (Lipinski definition) is 4. The number of nitrogens with one attached hydrogen (secondary N) is 1. The zero-order chi connectivity index (χ0) is 15.9. The highest BCUT2D eigenvalue weighted by Crippen LogP contribution is 2.18. The third-order valence-corrected chi connectivity index (χ3v) is 2.94. The lowest BCUT2D eigenvalue weighted by molar-refractivity contribution is -0.139. The maximum atomic E-state index is 12.2. The molecular formula is C16H17NO5. The molecule has 116 valence electrons. The Morgan fingerprint density at radius 3 is 2.59 bits per heavy atom. The zero-order valence-electron chi connectivity index (χ0n) is 12.2. The number of aryl methyl sites for hydroxylation is 1. The lowest BCUT2D eigenvalue weighted by atomic mass is 10.1. The highest BCUT2D eigenvalue weighted by Gasteiger charge is 2.14. The molecule has 0 aliphatic heterocycles. The van der Waals surface area contributed by atoms with Gasteiger partial charge in [-0.3, -0.25) is 4.79 Å². The number of benzene rings is 1. The molecule has 0 bridgehead atoms. The van der Waals surface area contributed by atoms with Crippen molar-refractivity contribution in [2.75, 3.05) is 11.9 Å². The molecule has 1 aromatic carbocycles. The Morgan fingerprint density at radius 1 is 1.23 bits per heavy atom. The summed E-state index contributed by atoms with van der Waals surface area (Å²) in [6.45, 7) is 1.61. The first kappa shape index (κ1) is 15.6. The average Bonchev–Trinajstić information content (AvgIpc) is 2.95. The molecular weight excluding hydrogens is 286 g/mol. The van der Waals surface area contributed by atoms with Crippen LogP contribution in [0.25, 0.3) is 0 Å². The molecule has 1 aromatic heterocycles. The molecule has 6 nitrogen and oxygen atoms in total. The van der Waals surface area contributed by atoms with Crippen LogP contribution in [-0.4, -0.2) is 23.6 Å². The number of carboxylic acid groups (broad SMARTS) is 1. The van der Waals surface area contributed by atoms with Crippen molar-refractivity contribution in [2.24, 2.45) is 0 Å².